The number of hydrogen-bond acceptors (Lipinski definition) is 3. The molecule has 3 aromatic carbocycles. The van der Waals surface area contributed by atoms with E-state index in [1.165, 1.54) is 0 Å². The van der Waals surface area contributed by atoms with Gasteiger partial charge in [-0.15, -0.1) is 0 Å². The Morgan fingerprint density at radius 1 is 1.00 bits per heavy atom. The number of benzene rings is 3. The molecule has 1 heterocycles. The van der Waals surface area contributed by atoms with Crippen molar-refractivity contribution in [1.82, 2.24) is 10.2 Å². The van der Waals surface area contributed by atoms with Crippen molar-refractivity contribution in [2.75, 3.05) is 11.9 Å². The molecule has 158 valence electrons. The average molecular weight is 415 g/mol. The zero-order valence-electron chi connectivity index (χ0n) is 17.8. The van der Waals surface area contributed by atoms with Gasteiger partial charge in [-0.2, -0.15) is 0 Å². The minimum atomic E-state index is -1.20. The minimum absolute atomic E-state index is 0.354. The number of urea groups is 1. The second-order valence-corrected chi connectivity index (χ2v) is 8.30. The largest absolute Gasteiger partial charge is 0.325 e. The normalized spacial score (nSPS) is 18.5. The van der Waals surface area contributed by atoms with Crippen LogP contribution in [0.25, 0.3) is 10.8 Å². The highest BCUT2D eigenvalue weighted by molar-refractivity contribution is 6.11. The maximum Gasteiger partial charge on any atom is 0.325 e. The van der Waals surface area contributed by atoms with E-state index in [-0.39, 0.29) is 6.54 Å². The molecular weight excluding hydrogens is 390 g/mol. The van der Waals surface area contributed by atoms with Gasteiger partial charge in [0.15, 0.2) is 0 Å². The number of rotatable bonds is 5. The number of carbonyl (C=O) groups excluding carboxylic acids is 3. The molecule has 0 aliphatic carbocycles. The topological polar surface area (TPSA) is 78.5 Å². The van der Waals surface area contributed by atoms with Gasteiger partial charge < -0.3 is 10.6 Å². The van der Waals surface area contributed by atoms with Gasteiger partial charge in [0.25, 0.3) is 5.91 Å². The minimum Gasteiger partial charge on any atom is -0.324 e. The van der Waals surface area contributed by atoms with Crippen LogP contribution in [-0.4, -0.2) is 29.3 Å². The Morgan fingerprint density at radius 3 is 2.39 bits per heavy atom. The summed E-state index contributed by atoms with van der Waals surface area (Å²) in [5.74, 6) is -0.507. The summed E-state index contributed by atoms with van der Waals surface area (Å²) < 4.78 is 0. The monoisotopic (exact) mass is 415 g/mol. The number of fused-ring (bicyclic) bond motifs is 1. The highest BCUT2D eigenvalue weighted by Crippen LogP contribution is 2.30. The van der Waals surface area contributed by atoms with Crippen LogP contribution in [0.1, 0.15) is 37.8 Å². The van der Waals surface area contributed by atoms with Gasteiger partial charge in [-0.1, -0.05) is 74.5 Å². The maximum atomic E-state index is 13.1. The molecule has 1 fully saturated rings. The molecule has 4 rings (SSSR count). The summed E-state index contributed by atoms with van der Waals surface area (Å²) in [6.45, 7) is 5.50. The molecule has 1 aliphatic rings. The predicted molar refractivity (Wildman–Crippen MR) is 121 cm³/mol. The van der Waals surface area contributed by atoms with Crippen molar-refractivity contribution >= 4 is 34.3 Å². The molecule has 4 amide bonds. The first kappa shape index (κ1) is 20.6. The van der Waals surface area contributed by atoms with Gasteiger partial charge in [0, 0.05) is 11.1 Å². The van der Waals surface area contributed by atoms with Crippen LogP contribution in [0.2, 0.25) is 0 Å². The number of nitrogens with one attached hydrogen (secondary N) is 2. The Labute approximate surface area is 181 Å². The van der Waals surface area contributed by atoms with E-state index in [9.17, 15) is 14.4 Å². The lowest BCUT2D eigenvalue weighted by atomic mass is 9.90. The van der Waals surface area contributed by atoms with Gasteiger partial charge >= 0.3 is 6.03 Å². The van der Waals surface area contributed by atoms with E-state index < -0.39 is 23.4 Å². The van der Waals surface area contributed by atoms with E-state index >= 15 is 0 Å². The number of anilines is 1. The summed E-state index contributed by atoms with van der Waals surface area (Å²) in [5, 5.41) is 7.47. The molecule has 0 aromatic heterocycles. The molecule has 1 aliphatic heterocycles. The molecule has 31 heavy (non-hydrogen) atoms. The Kier molecular flexibility index (Phi) is 5.23. The average Bonchev–Trinajstić information content (AvgIpc) is 2.98. The summed E-state index contributed by atoms with van der Waals surface area (Å²) in [6.07, 6.45) is 0. The molecule has 0 spiro atoms. The van der Waals surface area contributed by atoms with Gasteiger partial charge in [0.05, 0.1) is 0 Å². The fourth-order valence-electron chi connectivity index (χ4n) is 3.91. The van der Waals surface area contributed by atoms with Crippen LogP contribution in [0.3, 0.4) is 0 Å². The van der Waals surface area contributed by atoms with Crippen molar-refractivity contribution in [3.05, 3.63) is 77.9 Å². The summed E-state index contributed by atoms with van der Waals surface area (Å²) in [6, 6.07) is 20.3. The quantitative estimate of drug-likeness (QED) is 0.608. The first-order chi connectivity index (χ1) is 14.8. The predicted octanol–water partition coefficient (Wildman–Crippen LogP) is 4.37. The van der Waals surface area contributed by atoms with Crippen LogP contribution in [0, 0.1) is 0 Å². The van der Waals surface area contributed by atoms with Gasteiger partial charge in [0.2, 0.25) is 5.91 Å². The van der Waals surface area contributed by atoms with Crippen LogP contribution < -0.4 is 10.6 Å². The van der Waals surface area contributed by atoms with Crippen molar-refractivity contribution in [1.29, 1.82) is 0 Å². The molecule has 6 nitrogen and oxygen atoms in total. The molecule has 0 radical (unpaired) electrons. The summed E-state index contributed by atoms with van der Waals surface area (Å²) in [5.41, 5.74) is 1.27. The fourth-order valence-corrected chi connectivity index (χ4v) is 3.91. The zero-order chi connectivity index (χ0) is 22.2. The molecular formula is C25H25N3O3. The second-order valence-electron chi connectivity index (χ2n) is 8.30. The molecule has 0 bridgehead atoms. The van der Waals surface area contributed by atoms with Crippen molar-refractivity contribution in [2.45, 2.75) is 32.2 Å². The molecule has 0 saturated carbocycles. The summed E-state index contributed by atoms with van der Waals surface area (Å²) >= 11 is 0. The van der Waals surface area contributed by atoms with Gasteiger partial charge in [-0.3, -0.25) is 14.5 Å². The lowest BCUT2D eigenvalue weighted by molar-refractivity contribution is -0.133. The Hall–Kier alpha value is -3.67. The number of nitrogens with zero attached hydrogens (tertiary/aromatic N) is 1. The second kappa shape index (κ2) is 7.87. The Balaban J connectivity index is 1.51. The molecule has 6 heteroatoms. The van der Waals surface area contributed by atoms with Crippen LogP contribution in [0.4, 0.5) is 10.5 Å². The third-order valence-corrected chi connectivity index (χ3v) is 5.80. The smallest absolute Gasteiger partial charge is 0.324 e. The van der Waals surface area contributed by atoms with E-state index in [0.29, 0.717) is 17.2 Å². The number of imide groups is 1. The lowest BCUT2D eigenvalue weighted by Gasteiger charge is -2.22. The van der Waals surface area contributed by atoms with Gasteiger partial charge in [-0.05, 0) is 35.4 Å². The molecule has 3 aromatic rings. The van der Waals surface area contributed by atoms with Crippen LogP contribution in [0.5, 0.6) is 0 Å². The van der Waals surface area contributed by atoms with Gasteiger partial charge in [-0.25, -0.2) is 4.79 Å². The lowest BCUT2D eigenvalue weighted by Crippen LogP contribution is -2.42. The SMILES string of the molecule is CC(C)c1ccc(C2(C)NC(=O)N(CC(=O)Nc3cccc4ccccc34)C2=O)cc1. The highest BCUT2D eigenvalue weighted by atomic mass is 16.2. The highest BCUT2D eigenvalue weighted by Gasteiger charge is 2.49. The summed E-state index contributed by atoms with van der Waals surface area (Å²) in [4.78, 5) is 39.3. The van der Waals surface area contributed by atoms with Crippen molar-refractivity contribution in [2.24, 2.45) is 0 Å². The Bertz CT molecular complexity index is 1160. The van der Waals surface area contributed by atoms with Crippen molar-refractivity contribution in [3.8, 4) is 0 Å². The first-order valence-corrected chi connectivity index (χ1v) is 10.3. The Morgan fingerprint density at radius 2 is 1.68 bits per heavy atom. The van der Waals surface area contributed by atoms with Crippen LogP contribution >= 0.6 is 0 Å². The zero-order valence-corrected chi connectivity index (χ0v) is 17.8. The van der Waals surface area contributed by atoms with Gasteiger partial charge in [0.1, 0.15) is 12.1 Å². The number of amides is 4. The molecule has 1 atom stereocenters. The van der Waals surface area contributed by atoms with E-state index in [0.717, 1.165) is 21.2 Å². The van der Waals surface area contributed by atoms with E-state index in [4.69, 9.17) is 0 Å². The van der Waals surface area contributed by atoms with E-state index in [1.54, 1.807) is 13.0 Å². The van der Waals surface area contributed by atoms with Crippen molar-refractivity contribution < 1.29 is 14.4 Å². The third-order valence-electron chi connectivity index (χ3n) is 5.80. The fraction of sp³-hybridized carbons (Fsp3) is 0.240. The van der Waals surface area contributed by atoms with E-state index in [1.807, 2.05) is 60.7 Å². The van der Waals surface area contributed by atoms with Crippen LogP contribution in [0.15, 0.2) is 66.7 Å². The standard InChI is InChI=1S/C25H25N3O3/c1-16(2)17-11-13-19(14-12-17)25(3)23(30)28(24(31)27-25)15-22(29)26-21-10-6-8-18-7-4-5-9-20(18)21/h4-14,16H,15H2,1-3H3,(H,26,29)(H,27,31). The number of hydrogen-bond donors (Lipinski definition) is 2. The molecule has 1 unspecified atom stereocenters. The summed E-state index contributed by atoms with van der Waals surface area (Å²) in [7, 11) is 0. The molecule has 1 saturated heterocycles. The van der Waals surface area contributed by atoms with Crippen LogP contribution in [-0.2, 0) is 15.1 Å². The number of carbonyl (C=O) groups is 3. The van der Waals surface area contributed by atoms with E-state index in [2.05, 4.69) is 24.5 Å². The first-order valence-electron chi connectivity index (χ1n) is 10.3. The maximum absolute atomic E-state index is 13.1. The molecule has 2 N–H and O–H groups in total. The van der Waals surface area contributed by atoms with Crippen molar-refractivity contribution in [3.63, 3.8) is 0 Å². The third kappa shape index (κ3) is 3.77.